The topological polar surface area (TPSA) is 90.1 Å². The van der Waals surface area contributed by atoms with Crippen LogP contribution in [0.2, 0.25) is 0 Å². The minimum Gasteiger partial charge on any atom is -0.329 e. The average Bonchev–Trinajstić information content (AvgIpc) is 2.84. The Morgan fingerprint density at radius 1 is 1.52 bits per heavy atom. The predicted octanol–water partition coefficient (Wildman–Crippen LogP) is 2.37. The summed E-state index contributed by atoms with van der Waals surface area (Å²) in [5.41, 5.74) is 1.18. The van der Waals surface area contributed by atoms with Gasteiger partial charge in [-0.3, -0.25) is 14.9 Å². The minimum absolute atomic E-state index is 0.0485. The molecule has 0 unspecified atom stereocenters. The molecule has 1 aromatic heterocycles. The Hall–Kier alpha value is -2.35. The Morgan fingerprint density at radius 2 is 2.29 bits per heavy atom. The Morgan fingerprint density at radius 3 is 2.90 bits per heavy atom. The lowest BCUT2D eigenvalue weighted by molar-refractivity contribution is -0.384. The van der Waals surface area contributed by atoms with E-state index < -0.39 is 4.92 Å². The second-order valence-electron chi connectivity index (χ2n) is 4.41. The number of carbonyl (C=O) groups excluding carboxylic acids is 1. The predicted molar refractivity (Wildman–Crippen MR) is 80.4 cm³/mol. The molecule has 0 spiro atoms. The zero-order chi connectivity index (χ0) is 15.4. The van der Waals surface area contributed by atoms with E-state index in [1.807, 2.05) is 11.6 Å². The molecule has 0 radical (unpaired) electrons. The van der Waals surface area contributed by atoms with Crippen LogP contribution in [0.4, 0.5) is 11.4 Å². The zero-order valence-corrected chi connectivity index (χ0v) is 12.4. The first-order chi connectivity index (χ1) is 9.97. The normalized spacial score (nSPS) is 10.4. The summed E-state index contributed by atoms with van der Waals surface area (Å²) in [5.74, 6) is -0.0425. The van der Waals surface area contributed by atoms with Crippen LogP contribution in [0.3, 0.4) is 0 Å². The number of anilines is 1. The number of nitrogens with one attached hydrogen (secondary N) is 1. The van der Waals surface area contributed by atoms with E-state index in [0.29, 0.717) is 5.69 Å². The molecule has 2 aromatic rings. The largest absolute Gasteiger partial charge is 0.329 e. The first-order valence-corrected chi connectivity index (χ1v) is 7.11. The van der Waals surface area contributed by atoms with Crippen molar-refractivity contribution in [1.29, 1.82) is 0 Å². The number of nitro benzene ring substituents is 1. The Labute approximate surface area is 125 Å². The van der Waals surface area contributed by atoms with Crippen LogP contribution in [-0.4, -0.2) is 26.1 Å². The quantitative estimate of drug-likeness (QED) is 0.520. The number of nitrogens with zero attached hydrogens (tertiary/aromatic N) is 3. The number of amides is 1. The number of aryl methyl sites for hydroxylation is 2. The molecule has 110 valence electrons. The smallest absolute Gasteiger partial charge is 0.271 e. The lowest BCUT2D eigenvalue weighted by atomic mass is 10.2. The summed E-state index contributed by atoms with van der Waals surface area (Å²) < 4.78 is 1.82. The van der Waals surface area contributed by atoms with Crippen LogP contribution in [0.5, 0.6) is 0 Å². The van der Waals surface area contributed by atoms with Gasteiger partial charge >= 0.3 is 0 Å². The molecule has 2 rings (SSSR count). The summed E-state index contributed by atoms with van der Waals surface area (Å²) in [7, 11) is 1.85. The van der Waals surface area contributed by atoms with E-state index in [1.54, 1.807) is 25.4 Å². The van der Waals surface area contributed by atoms with Crippen molar-refractivity contribution in [2.45, 2.75) is 12.1 Å². The van der Waals surface area contributed by atoms with Crippen molar-refractivity contribution in [3.8, 4) is 0 Å². The van der Waals surface area contributed by atoms with Crippen LogP contribution in [0, 0.1) is 17.0 Å². The van der Waals surface area contributed by atoms with Crippen LogP contribution < -0.4 is 5.32 Å². The lowest BCUT2D eigenvalue weighted by Crippen LogP contribution is -2.15. The fraction of sp³-hybridized carbons (Fsp3) is 0.231. The number of non-ortho nitro benzene ring substituents is 1. The molecule has 1 amide bonds. The molecule has 0 aliphatic carbocycles. The van der Waals surface area contributed by atoms with E-state index in [2.05, 4.69) is 10.3 Å². The highest BCUT2D eigenvalue weighted by atomic mass is 32.2. The van der Waals surface area contributed by atoms with Gasteiger partial charge in [0.15, 0.2) is 5.16 Å². The number of imidazole rings is 1. The number of benzene rings is 1. The summed E-state index contributed by atoms with van der Waals surface area (Å²) >= 11 is 1.30. The van der Waals surface area contributed by atoms with E-state index in [9.17, 15) is 14.9 Å². The number of aromatic nitrogens is 2. The van der Waals surface area contributed by atoms with Gasteiger partial charge in [-0.25, -0.2) is 4.98 Å². The van der Waals surface area contributed by atoms with E-state index >= 15 is 0 Å². The van der Waals surface area contributed by atoms with Gasteiger partial charge in [0.2, 0.25) is 5.91 Å². The van der Waals surface area contributed by atoms with Crippen molar-refractivity contribution in [1.82, 2.24) is 9.55 Å². The molecule has 0 bridgehead atoms. The van der Waals surface area contributed by atoms with Gasteiger partial charge in [-0.05, 0) is 12.5 Å². The second-order valence-corrected chi connectivity index (χ2v) is 5.36. The highest BCUT2D eigenvalue weighted by Crippen LogP contribution is 2.22. The van der Waals surface area contributed by atoms with Crippen LogP contribution >= 0.6 is 11.8 Å². The molecular formula is C13H14N4O3S. The maximum Gasteiger partial charge on any atom is 0.271 e. The number of nitro groups is 1. The number of rotatable bonds is 5. The zero-order valence-electron chi connectivity index (χ0n) is 11.6. The molecule has 0 saturated carbocycles. The van der Waals surface area contributed by atoms with E-state index in [1.165, 1.54) is 23.9 Å². The van der Waals surface area contributed by atoms with Crippen LogP contribution in [0.25, 0.3) is 0 Å². The fourth-order valence-corrected chi connectivity index (χ4v) is 2.40. The standard InChI is InChI=1S/C13H14N4O3S/c1-9-3-4-10(17(19)20)7-11(9)15-12(18)8-21-13-14-5-6-16(13)2/h3-7H,8H2,1-2H3,(H,15,18). The molecule has 8 heteroatoms. The molecule has 7 nitrogen and oxygen atoms in total. The summed E-state index contributed by atoms with van der Waals surface area (Å²) in [6.45, 7) is 1.78. The van der Waals surface area contributed by atoms with Gasteiger partial charge in [0.05, 0.1) is 16.4 Å². The Balaban J connectivity index is 2.01. The third kappa shape index (κ3) is 3.82. The second kappa shape index (κ2) is 6.40. The Kier molecular flexibility index (Phi) is 4.59. The first-order valence-electron chi connectivity index (χ1n) is 6.12. The molecular weight excluding hydrogens is 292 g/mol. The molecule has 0 saturated heterocycles. The number of hydrogen-bond acceptors (Lipinski definition) is 5. The van der Waals surface area contributed by atoms with Crippen molar-refractivity contribution < 1.29 is 9.72 Å². The van der Waals surface area contributed by atoms with Crippen molar-refractivity contribution in [3.05, 3.63) is 46.3 Å². The van der Waals surface area contributed by atoms with Gasteiger partial charge in [0.25, 0.3) is 5.69 Å². The minimum atomic E-state index is -0.488. The molecule has 0 aliphatic heterocycles. The van der Waals surface area contributed by atoms with Gasteiger partial charge < -0.3 is 9.88 Å². The van der Waals surface area contributed by atoms with Crippen molar-refractivity contribution in [2.75, 3.05) is 11.1 Å². The number of hydrogen-bond donors (Lipinski definition) is 1. The first kappa shape index (κ1) is 15.0. The third-order valence-electron chi connectivity index (χ3n) is 2.82. The van der Waals surface area contributed by atoms with E-state index in [0.717, 1.165) is 10.7 Å². The monoisotopic (exact) mass is 306 g/mol. The molecule has 21 heavy (non-hydrogen) atoms. The molecule has 0 fully saturated rings. The summed E-state index contributed by atoms with van der Waals surface area (Å²) in [6, 6.07) is 4.38. The highest BCUT2D eigenvalue weighted by molar-refractivity contribution is 7.99. The highest BCUT2D eigenvalue weighted by Gasteiger charge is 2.12. The van der Waals surface area contributed by atoms with E-state index in [4.69, 9.17) is 0 Å². The van der Waals surface area contributed by atoms with Crippen LogP contribution in [0.1, 0.15) is 5.56 Å². The molecule has 0 atom stereocenters. The van der Waals surface area contributed by atoms with Gasteiger partial charge in [-0.2, -0.15) is 0 Å². The maximum atomic E-state index is 11.9. The lowest BCUT2D eigenvalue weighted by Gasteiger charge is -2.08. The van der Waals surface area contributed by atoms with Crippen LogP contribution in [0.15, 0.2) is 35.7 Å². The summed E-state index contributed by atoms with van der Waals surface area (Å²) in [6.07, 6.45) is 3.45. The molecule has 1 heterocycles. The number of thioether (sulfide) groups is 1. The van der Waals surface area contributed by atoms with Crippen LogP contribution in [-0.2, 0) is 11.8 Å². The van der Waals surface area contributed by atoms with Crippen molar-refractivity contribution in [2.24, 2.45) is 7.05 Å². The SMILES string of the molecule is Cc1ccc([N+](=O)[O-])cc1NC(=O)CSc1nccn1C. The molecule has 1 N–H and O–H groups in total. The van der Waals surface area contributed by atoms with Crippen molar-refractivity contribution in [3.63, 3.8) is 0 Å². The fourth-order valence-electron chi connectivity index (χ4n) is 1.67. The average molecular weight is 306 g/mol. The van der Waals surface area contributed by atoms with Gasteiger partial charge in [0, 0.05) is 31.6 Å². The van der Waals surface area contributed by atoms with Crippen molar-refractivity contribution >= 4 is 29.0 Å². The maximum absolute atomic E-state index is 11.9. The van der Waals surface area contributed by atoms with Gasteiger partial charge in [-0.1, -0.05) is 17.8 Å². The summed E-state index contributed by atoms with van der Waals surface area (Å²) in [4.78, 5) is 26.3. The van der Waals surface area contributed by atoms with Gasteiger partial charge in [-0.15, -0.1) is 0 Å². The number of carbonyl (C=O) groups is 1. The molecule has 0 aliphatic rings. The third-order valence-corrected chi connectivity index (χ3v) is 3.87. The van der Waals surface area contributed by atoms with E-state index in [-0.39, 0.29) is 17.3 Å². The van der Waals surface area contributed by atoms with Gasteiger partial charge in [0.1, 0.15) is 0 Å². The summed E-state index contributed by atoms with van der Waals surface area (Å²) in [5, 5.41) is 14.2. The molecule has 1 aromatic carbocycles. The Bertz CT molecular complexity index is 684.